The highest BCUT2D eigenvalue weighted by Crippen LogP contribution is 2.28. The lowest BCUT2D eigenvalue weighted by molar-refractivity contribution is -0.146. The Labute approximate surface area is 121 Å². The van der Waals surface area contributed by atoms with Crippen LogP contribution in [0.15, 0.2) is 0 Å². The van der Waals surface area contributed by atoms with Crippen LogP contribution in [-0.4, -0.2) is 61.4 Å². The summed E-state index contributed by atoms with van der Waals surface area (Å²) in [6.45, 7) is 1.86. The summed E-state index contributed by atoms with van der Waals surface area (Å²) in [5, 5.41) is 2.92. The first kappa shape index (κ1) is 15.3. The van der Waals surface area contributed by atoms with Crippen molar-refractivity contribution in [1.29, 1.82) is 0 Å². The second-order valence-electron chi connectivity index (χ2n) is 6.36. The molecule has 0 aromatic carbocycles. The third-order valence-corrected chi connectivity index (χ3v) is 4.38. The van der Waals surface area contributed by atoms with Gasteiger partial charge in [-0.15, -0.1) is 0 Å². The first-order chi connectivity index (χ1) is 9.58. The third kappa shape index (κ3) is 3.95. The number of carbonyl (C=O) groups is 2. The van der Waals surface area contributed by atoms with Crippen molar-refractivity contribution < 1.29 is 9.59 Å². The molecule has 1 unspecified atom stereocenters. The zero-order valence-corrected chi connectivity index (χ0v) is 12.7. The lowest BCUT2D eigenvalue weighted by Crippen LogP contribution is -2.60. The number of hydrogen-bond acceptors (Lipinski definition) is 3. The van der Waals surface area contributed by atoms with Gasteiger partial charge in [0.15, 0.2) is 0 Å². The quantitative estimate of drug-likeness (QED) is 0.812. The molecule has 0 aromatic rings. The number of piperazine rings is 1. The van der Waals surface area contributed by atoms with Crippen LogP contribution < -0.4 is 5.32 Å². The molecule has 5 nitrogen and oxygen atoms in total. The third-order valence-electron chi connectivity index (χ3n) is 4.38. The number of rotatable bonds is 5. The van der Waals surface area contributed by atoms with Gasteiger partial charge in [0, 0.05) is 6.54 Å². The van der Waals surface area contributed by atoms with Crippen molar-refractivity contribution in [3.05, 3.63) is 0 Å². The SMILES string of the molecule is CN(C)CCCN1CC(=O)NC(C2CCCCC2)C1=O. The van der Waals surface area contributed by atoms with Crippen LogP contribution in [0.4, 0.5) is 0 Å². The van der Waals surface area contributed by atoms with Gasteiger partial charge < -0.3 is 15.1 Å². The second kappa shape index (κ2) is 7.07. The Balaban J connectivity index is 1.92. The van der Waals surface area contributed by atoms with E-state index in [1.165, 1.54) is 19.3 Å². The molecule has 1 saturated carbocycles. The molecule has 0 bridgehead atoms. The van der Waals surface area contributed by atoms with Gasteiger partial charge >= 0.3 is 0 Å². The molecule has 2 rings (SSSR count). The van der Waals surface area contributed by atoms with E-state index in [9.17, 15) is 9.59 Å². The van der Waals surface area contributed by atoms with E-state index in [0.717, 1.165) is 25.8 Å². The molecule has 0 aromatic heterocycles. The van der Waals surface area contributed by atoms with E-state index >= 15 is 0 Å². The number of carbonyl (C=O) groups excluding carboxylic acids is 2. The molecule has 1 aliphatic heterocycles. The number of amides is 2. The van der Waals surface area contributed by atoms with Crippen LogP contribution in [0.1, 0.15) is 38.5 Å². The van der Waals surface area contributed by atoms with Gasteiger partial charge in [-0.25, -0.2) is 0 Å². The largest absolute Gasteiger partial charge is 0.342 e. The molecular formula is C15H27N3O2. The average molecular weight is 281 g/mol. The zero-order chi connectivity index (χ0) is 14.5. The highest BCUT2D eigenvalue weighted by Gasteiger charge is 2.37. The van der Waals surface area contributed by atoms with Gasteiger partial charge in [0.1, 0.15) is 6.04 Å². The maximum atomic E-state index is 12.5. The van der Waals surface area contributed by atoms with Crippen LogP contribution >= 0.6 is 0 Å². The second-order valence-corrected chi connectivity index (χ2v) is 6.36. The molecule has 1 heterocycles. The first-order valence-corrected chi connectivity index (χ1v) is 7.81. The lowest BCUT2D eigenvalue weighted by Gasteiger charge is -2.38. The Morgan fingerprint density at radius 1 is 1.20 bits per heavy atom. The topological polar surface area (TPSA) is 52.6 Å². The van der Waals surface area contributed by atoms with Crippen LogP contribution in [0.2, 0.25) is 0 Å². The van der Waals surface area contributed by atoms with E-state index in [2.05, 4.69) is 10.2 Å². The Bertz CT molecular complexity index is 351. The Morgan fingerprint density at radius 2 is 1.90 bits per heavy atom. The standard InChI is InChI=1S/C15H27N3O2/c1-17(2)9-6-10-18-11-13(19)16-14(15(18)20)12-7-4-3-5-8-12/h12,14H,3-11H2,1-2H3,(H,16,19). The highest BCUT2D eigenvalue weighted by atomic mass is 16.2. The lowest BCUT2D eigenvalue weighted by atomic mass is 9.82. The summed E-state index contributed by atoms with van der Waals surface area (Å²) in [7, 11) is 4.05. The summed E-state index contributed by atoms with van der Waals surface area (Å²) >= 11 is 0. The Hall–Kier alpha value is -1.10. The van der Waals surface area contributed by atoms with Crippen molar-refractivity contribution >= 4 is 11.8 Å². The molecule has 1 N–H and O–H groups in total. The molecule has 2 amide bonds. The average Bonchev–Trinajstić information content (AvgIpc) is 2.43. The predicted octanol–water partition coefficient (Wildman–Crippen LogP) is 0.845. The molecule has 1 atom stereocenters. The van der Waals surface area contributed by atoms with Crippen molar-refractivity contribution in [2.45, 2.75) is 44.6 Å². The molecule has 20 heavy (non-hydrogen) atoms. The summed E-state index contributed by atoms with van der Waals surface area (Å²) in [5.41, 5.74) is 0. The van der Waals surface area contributed by atoms with Crippen molar-refractivity contribution in [1.82, 2.24) is 15.1 Å². The fraction of sp³-hybridized carbons (Fsp3) is 0.867. The van der Waals surface area contributed by atoms with E-state index < -0.39 is 0 Å². The molecule has 1 saturated heterocycles. The van der Waals surface area contributed by atoms with Crippen molar-refractivity contribution in [2.24, 2.45) is 5.92 Å². The van der Waals surface area contributed by atoms with Gasteiger partial charge in [-0.1, -0.05) is 19.3 Å². The van der Waals surface area contributed by atoms with E-state index in [4.69, 9.17) is 0 Å². The zero-order valence-electron chi connectivity index (χ0n) is 12.7. The van der Waals surface area contributed by atoms with E-state index in [0.29, 0.717) is 12.5 Å². The van der Waals surface area contributed by atoms with E-state index in [1.807, 2.05) is 14.1 Å². The molecule has 2 aliphatic rings. The summed E-state index contributed by atoms with van der Waals surface area (Å²) in [5.74, 6) is 0.483. The summed E-state index contributed by atoms with van der Waals surface area (Å²) in [6.07, 6.45) is 6.70. The van der Waals surface area contributed by atoms with Crippen molar-refractivity contribution in [2.75, 3.05) is 33.7 Å². The minimum atomic E-state index is -0.268. The smallest absolute Gasteiger partial charge is 0.245 e. The molecule has 0 spiro atoms. The summed E-state index contributed by atoms with van der Waals surface area (Å²) in [6, 6.07) is -0.268. The molecule has 0 radical (unpaired) electrons. The van der Waals surface area contributed by atoms with Crippen molar-refractivity contribution in [3.8, 4) is 0 Å². The molecule has 1 aliphatic carbocycles. The maximum Gasteiger partial charge on any atom is 0.245 e. The van der Waals surface area contributed by atoms with Gasteiger partial charge in [-0.05, 0) is 45.8 Å². The molecule has 5 heteroatoms. The van der Waals surface area contributed by atoms with Gasteiger partial charge in [0.2, 0.25) is 11.8 Å². The van der Waals surface area contributed by atoms with E-state index in [-0.39, 0.29) is 24.4 Å². The number of nitrogens with zero attached hydrogens (tertiary/aromatic N) is 2. The molecule has 2 fully saturated rings. The predicted molar refractivity (Wildman–Crippen MR) is 78.3 cm³/mol. The fourth-order valence-electron chi connectivity index (χ4n) is 3.28. The monoisotopic (exact) mass is 281 g/mol. The first-order valence-electron chi connectivity index (χ1n) is 7.81. The number of nitrogens with one attached hydrogen (secondary N) is 1. The van der Waals surface area contributed by atoms with Crippen LogP contribution in [0.5, 0.6) is 0 Å². The maximum absolute atomic E-state index is 12.5. The van der Waals surface area contributed by atoms with Gasteiger partial charge in [-0.3, -0.25) is 9.59 Å². The normalized spacial score (nSPS) is 25.1. The summed E-state index contributed by atoms with van der Waals surface area (Å²) < 4.78 is 0. The van der Waals surface area contributed by atoms with Crippen LogP contribution in [0.25, 0.3) is 0 Å². The summed E-state index contributed by atoms with van der Waals surface area (Å²) in [4.78, 5) is 28.3. The van der Waals surface area contributed by atoms with E-state index in [1.54, 1.807) is 4.90 Å². The minimum Gasteiger partial charge on any atom is -0.342 e. The minimum absolute atomic E-state index is 0.00465. The fourth-order valence-corrected chi connectivity index (χ4v) is 3.28. The van der Waals surface area contributed by atoms with Gasteiger partial charge in [0.25, 0.3) is 0 Å². The highest BCUT2D eigenvalue weighted by molar-refractivity contribution is 5.95. The van der Waals surface area contributed by atoms with Crippen molar-refractivity contribution in [3.63, 3.8) is 0 Å². The Kier molecular flexibility index (Phi) is 5.40. The van der Waals surface area contributed by atoms with Crippen LogP contribution in [-0.2, 0) is 9.59 Å². The van der Waals surface area contributed by atoms with Gasteiger partial charge in [-0.2, -0.15) is 0 Å². The Morgan fingerprint density at radius 3 is 2.55 bits per heavy atom. The van der Waals surface area contributed by atoms with Crippen LogP contribution in [0, 0.1) is 5.92 Å². The molecular weight excluding hydrogens is 254 g/mol. The number of hydrogen-bond donors (Lipinski definition) is 1. The molecule has 114 valence electrons. The van der Waals surface area contributed by atoms with Crippen LogP contribution in [0.3, 0.4) is 0 Å². The van der Waals surface area contributed by atoms with Gasteiger partial charge in [0.05, 0.1) is 6.54 Å².